The van der Waals surface area contributed by atoms with Crippen LogP contribution in [0.4, 0.5) is 5.69 Å². The van der Waals surface area contributed by atoms with Gasteiger partial charge in [-0.1, -0.05) is 18.2 Å². The zero-order valence-electron chi connectivity index (χ0n) is 18.0. The van der Waals surface area contributed by atoms with Gasteiger partial charge in [-0.15, -0.1) is 0 Å². The minimum atomic E-state index is -3.71. The molecule has 9 heteroatoms. The van der Waals surface area contributed by atoms with Crippen molar-refractivity contribution in [3.63, 3.8) is 0 Å². The van der Waals surface area contributed by atoms with Gasteiger partial charge < -0.3 is 5.32 Å². The number of sulfone groups is 1. The summed E-state index contributed by atoms with van der Waals surface area (Å²) in [7, 11) is -7.02. The standard InChI is InChI=1S/C21H28N2O5S2/c1-14-11-15(2)13-19(12-14)23(30(6,27)28)17(4)21(24)22-16(3)18-7-9-20(10-8-18)29(5,25)26/h7-13,16-17H,1-6H3,(H,22,24)/t16-,17+/m1/s1. The number of nitrogens with zero attached hydrogens (tertiary/aromatic N) is 1. The highest BCUT2D eigenvalue weighted by Crippen LogP contribution is 2.24. The van der Waals surface area contributed by atoms with Crippen molar-refractivity contribution in [3.8, 4) is 0 Å². The van der Waals surface area contributed by atoms with Gasteiger partial charge in [0.25, 0.3) is 0 Å². The van der Waals surface area contributed by atoms with Crippen LogP contribution in [0, 0.1) is 13.8 Å². The molecular formula is C21H28N2O5S2. The van der Waals surface area contributed by atoms with Crippen LogP contribution in [-0.2, 0) is 24.7 Å². The van der Waals surface area contributed by atoms with Crippen molar-refractivity contribution in [3.05, 3.63) is 59.2 Å². The topological polar surface area (TPSA) is 101 Å². The van der Waals surface area contributed by atoms with E-state index in [1.807, 2.05) is 19.9 Å². The molecule has 1 amide bonds. The van der Waals surface area contributed by atoms with E-state index in [1.165, 1.54) is 19.1 Å². The smallest absolute Gasteiger partial charge is 0.244 e. The quantitative estimate of drug-likeness (QED) is 0.696. The van der Waals surface area contributed by atoms with Crippen LogP contribution in [0.15, 0.2) is 47.4 Å². The molecule has 0 aliphatic carbocycles. The predicted molar refractivity (Wildman–Crippen MR) is 119 cm³/mol. The number of amides is 1. The second-order valence-corrected chi connectivity index (χ2v) is 11.5. The number of carbonyl (C=O) groups is 1. The van der Waals surface area contributed by atoms with Gasteiger partial charge in [0, 0.05) is 6.26 Å². The van der Waals surface area contributed by atoms with Crippen LogP contribution in [0.1, 0.15) is 36.6 Å². The third kappa shape index (κ3) is 5.82. The molecule has 164 valence electrons. The average Bonchev–Trinajstić information content (AvgIpc) is 2.59. The summed E-state index contributed by atoms with van der Waals surface area (Å²) in [6, 6.07) is 10.2. The van der Waals surface area contributed by atoms with Crippen LogP contribution >= 0.6 is 0 Å². The van der Waals surface area contributed by atoms with Gasteiger partial charge in [-0.2, -0.15) is 0 Å². The number of benzene rings is 2. The summed E-state index contributed by atoms with van der Waals surface area (Å²) in [6.45, 7) is 7.02. The van der Waals surface area contributed by atoms with Gasteiger partial charge >= 0.3 is 0 Å². The molecule has 1 N–H and O–H groups in total. The van der Waals surface area contributed by atoms with Gasteiger partial charge in [-0.05, 0) is 68.7 Å². The Hall–Kier alpha value is -2.39. The van der Waals surface area contributed by atoms with Crippen molar-refractivity contribution in [1.82, 2.24) is 5.32 Å². The highest BCUT2D eigenvalue weighted by Gasteiger charge is 2.30. The number of carbonyl (C=O) groups excluding carboxylic acids is 1. The molecule has 2 rings (SSSR count). The number of rotatable bonds is 7. The Morgan fingerprint density at radius 1 is 0.900 bits per heavy atom. The van der Waals surface area contributed by atoms with Crippen LogP contribution in [0.5, 0.6) is 0 Å². The Balaban J connectivity index is 2.27. The molecule has 0 aliphatic heterocycles. The molecule has 30 heavy (non-hydrogen) atoms. The molecule has 0 unspecified atom stereocenters. The average molecular weight is 453 g/mol. The van der Waals surface area contributed by atoms with Gasteiger partial charge in [0.1, 0.15) is 6.04 Å². The summed E-state index contributed by atoms with van der Waals surface area (Å²) in [5.74, 6) is -0.459. The minimum absolute atomic E-state index is 0.191. The van der Waals surface area contributed by atoms with Crippen molar-refractivity contribution in [2.75, 3.05) is 16.8 Å². The van der Waals surface area contributed by atoms with Crippen LogP contribution in [0.2, 0.25) is 0 Å². The lowest BCUT2D eigenvalue weighted by atomic mass is 10.1. The molecule has 0 heterocycles. The van der Waals surface area contributed by atoms with Crippen molar-refractivity contribution in [2.24, 2.45) is 0 Å². The zero-order valence-corrected chi connectivity index (χ0v) is 19.6. The number of anilines is 1. The number of hydrogen-bond donors (Lipinski definition) is 1. The molecule has 0 spiro atoms. The summed E-state index contributed by atoms with van der Waals surface area (Å²) in [5.41, 5.74) is 2.93. The van der Waals surface area contributed by atoms with Gasteiger partial charge in [0.15, 0.2) is 9.84 Å². The zero-order chi connectivity index (χ0) is 22.9. The molecule has 0 fully saturated rings. The lowest BCUT2D eigenvalue weighted by Crippen LogP contribution is -2.48. The number of nitrogens with one attached hydrogen (secondary N) is 1. The summed E-state index contributed by atoms with van der Waals surface area (Å²) in [4.78, 5) is 13.1. The summed E-state index contributed by atoms with van der Waals surface area (Å²) >= 11 is 0. The maximum atomic E-state index is 12.9. The molecule has 2 aromatic carbocycles. The Morgan fingerprint density at radius 2 is 1.40 bits per heavy atom. The highest BCUT2D eigenvalue weighted by atomic mass is 32.2. The third-order valence-electron chi connectivity index (χ3n) is 4.72. The van der Waals surface area contributed by atoms with Crippen molar-refractivity contribution >= 4 is 31.5 Å². The highest BCUT2D eigenvalue weighted by molar-refractivity contribution is 7.92. The molecule has 0 radical (unpaired) electrons. The van der Waals surface area contributed by atoms with E-state index in [9.17, 15) is 21.6 Å². The maximum Gasteiger partial charge on any atom is 0.244 e. The summed E-state index contributed by atoms with van der Waals surface area (Å²) < 4.78 is 49.3. The predicted octanol–water partition coefficient (Wildman–Crippen LogP) is 2.74. The van der Waals surface area contributed by atoms with Crippen LogP contribution in [0.25, 0.3) is 0 Å². The number of sulfonamides is 1. The lowest BCUT2D eigenvalue weighted by molar-refractivity contribution is -0.122. The Morgan fingerprint density at radius 3 is 1.83 bits per heavy atom. The van der Waals surface area contributed by atoms with Crippen LogP contribution in [-0.4, -0.2) is 41.3 Å². The van der Waals surface area contributed by atoms with Crippen molar-refractivity contribution in [1.29, 1.82) is 0 Å². The first-order valence-electron chi connectivity index (χ1n) is 9.38. The molecule has 2 atom stereocenters. The van der Waals surface area contributed by atoms with E-state index in [1.54, 1.807) is 31.2 Å². The molecule has 0 saturated heterocycles. The molecule has 0 saturated carbocycles. The summed E-state index contributed by atoms with van der Waals surface area (Å²) in [6.07, 6.45) is 2.20. The molecule has 2 aromatic rings. The van der Waals surface area contributed by atoms with E-state index >= 15 is 0 Å². The van der Waals surface area contributed by atoms with E-state index in [2.05, 4.69) is 5.32 Å². The van der Waals surface area contributed by atoms with E-state index in [-0.39, 0.29) is 4.90 Å². The third-order valence-corrected chi connectivity index (χ3v) is 7.09. The SMILES string of the molecule is Cc1cc(C)cc(N([C@@H](C)C(=O)N[C@H](C)c2ccc(S(C)(=O)=O)cc2)S(C)(=O)=O)c1. The van der Waals surface area contributed by atoms with E-state index in [0.29, 0.717) is 11.3 Å². The summed E-state index contributed by atoms with van der Waals surface area (Å²) in [5, 5.41) is 2.81. The second kappa shape index (κ2) is 8.77. The molecule has 0 aromatic heterocycles. The van der Waals surface area contributed by atoms with E-state index in [4.69, 9.17) is 0 Å². The normalized spacial score (nSPS) is 14.1. The van der Waals surface area contributed by atoms with Gasteiger partial charge in [-0.25, -0.2) is 16.8 Å². The van der Waals surface area contributed by atoms with Gasteiger partial charge in [-0.3, -0.25) is 9.10 Å². The monoisotopic (exact) mass is 452 g/mol. The van der Waals surface area contributed by atoms with Gasteiger partial charge in [0.05, 0.1) is 22.9 Å². The molecule has 0 bridgehead atoms. The largest absolute Gasteiger partial charge is 0.348 e. The Kier molecular flexibility index (Phi) is 6.98. The number of hydrogen-bond acceptors (Lipinski definition) is 5. The van der Waals surface area contributed by atoms with Crippen molar-refractivity contribution in [2.45, 2.75) is 44.7 Å². The van der Waals surface area contributed by atoms with Crippen molar-refractivity contribution < 1.29 is 21.6 Å². The second-order valence-electron chi connectivity index (χ2n) is 7.65. The lowest BCUT2D eigenvalue weighted by Gasteiger charge is -2.30. The number of aryl methyl sites for hydroxylation is 2. The minimum Gasteiger partial charge on any atom is -0.348 e. The molecular weight excluding hydrogens is 424 g/mol. The van der Waals surface area contributed by atoms with Crippen LogP contribution in [0.3, 0.4) is 0 Å². The first kappa shape index (κ1) is 23.9. The maximum absolute atomic E-state index is 12.9. The first-order chi connectivity index (χ1) is 13.7. The first-order valence-corrected chi connectivity index (χ1v) is 13.1. The van der Waals surface area contributed by atoms with Crippen LogP contribution < -0.4 is 9.62 Å². The van der Waals surface area contributed by atoms with E-state index in [0.717, 1.165) is 27.9 Å². The molecule has 0 aliphatic rings. The Bertz CT molecular complexity index is 1120. The fraction of sp³-hybridized carbons (Fsp3) is 0.381. The van der Waals surface area contributed by atoms with Gasteiger partial charge in [0.2, 0.25) is 15.9 Å². The van der Waals surface area contributed by atoms with E-state index < -0.39 is 37.9 Å². The Labute approximate surface area is 179 Å². The molecule has 7 nitrogen and oxygen atoms in total. The fourth-order valence-electron chi connectivity index (χ4n) is 3.31. The fourth-order valence-corrected chi connectivity index (χ4v) is 5.10.